The lowest BCUT2D eigenvalue weighted by atomic mass is 10.0. The van der Waals surface area contributed by atoms with Crippen molar-refractivity contribution in [1.82, 2.24) is 0 Å². The number of hydrogen-bond acceptors (Lipinski definition) is 4. The molecule has 18 heavy (non-hydrogen) atoms. The Kier molecular flexibility index (Phi) is 3.25. The Hall–Kier alpha value is -1.63. The van der Waals surface area contributed by atoms with Crippen LogP contribution in [0, 0.1) is 0 Å². The third kappa shape index (κ3) is 2.17. The average Bonchev–Trinajstić information content (AvgIpc) is 2.27. The molecule has 5 N–H and O–H groups in total. The molecule has 0 aliphatic heterocycles. The zero-order valence-electron chi connectivity index (χ0n) is 9.63. The van der Waals surface area contributed by atoms with Gasteiger partial charge in [-0.15, -0.1) is 0 Å². The van der Waals surface area contributed by atoms with Gasteiger partial charge in [0.1, 0.15) is 4.90 Å². The Bertz CT molecular complexity index is 696. The quantitative estimate of drug-likeness (QED) is 0.571. The summed E-state index contributed by atoms with van der Waals surface area (Å²) in [6.45, 7) is 0.463. The molecule has 2 rings (SSSR count). The fourth-order valence-corrected chi connectivity index (χ4v) is 2.90. The fraction of sp³-hybridized carbons (Fsp3) is 0.167. The van der Waals surface area contributed by atoms with Crippen LogP contribution in [0.3, 0.4) is 0 Å². The highest BCUT2D eigenvalue weighted by Crippen LogP contribution is 2.30. The lowest BCUT2D eigenvalue weighted by molar-refractivity contribution is 0.484. The van der Waals surface area contributed by atoms with Gasteiger partial charge >= 0.3 is 0 Å². The fourth-order valence-electron chi connectivity index (χ4n) is 2.07. The normalized spacial score (nSPS) is 11.9. The van der Waals surface area contributed by atoms with E-state index < -0.39 is 10.1 Å². The molecule has 96 valence electrons. The molecule has 0 bridgehead atoms. The van der Waals surface area contributed by atoms with E-state index in [0.29, 0.717) is 18.4 Å². The highest BCUT2D eigenvalue weighted by atomic mass is 32.2. The Morgan fingerprint density at radius 3 is 2.44 bits per heavy atom. The second kappa shape index (κ2) is 4.56. The van der Waals surface area contributed by atoms with Gasteiger partial charge in [0, 0.05) is 5.39 Å². The van der Waals surface area contributed by atoms with Gasteiger partial charge in [-0.1, -0.05) is 24.3 Å². The summed E-state index contributed by atoms with van der Waals surface area (Å²) in [5, 5.41) is 1.16. The number of fused-ring (bicyclic) bond motifs is 1. The van der Waals surface area contributed by atoms with Crippen molar-refractivity contribution < 1.29 is 13.0 Å². The summed E-state index contributed by atoms with van der Waals surface area (Å²) in [7, 11) is -4.35. The van der Waals surface area contributed by atoms with E-state index in [0.717, 1.165) is 10.9 Å². The number of rotatable bonds is 3. The van der Waals surface area contributed by atoms with Crippen LogP contribution >= 0.6 is 0 Å². The maximum atomic E-state index is 11.4. The smallest absolute Gasteiger partial charge is 0.297 e. The van der Waals surface area contributed by atoms with Gasteiger partial charge in [-0.2, -0.15) is 8.42 Å². The number of anilines is 1. The maximum absolute atomic E-state index is 11.4. The first-order valence-electron chi connectivity index (χ1n) is 5.43. The summed E-state index contributed by atoms with van der Waals surface area (Å²) in [4.78, 5) is -0.237. The molecule has 0 unspecified atom stereocenters. The third-order valence-corrected chi connectivity index (χ3v) is 3.78. The van der Waals surface area contributed by atoms with Gasteiger partial charge in [-0.05, 0) is 30.0 Å². The van der Waals surface area contributed by atoms with Crippen LogP contribution in [0.5, 0.6) is 0 Å². The first-order chi connectivity index (χ1) is 8.45. The third-order valence-electron chi connectivity index (χ3n) is 2.80. The predicted octanol–water partition coefficient (Wildman–Crippen LogP) is 1.17. The lowest BCUT2D eigenvalue weighted by Crippen LogP contribution is -2.06. The molecule has 0 fully saturated rings. The monoisotopic (exact) mass is 266 g/mol. The predicted molar refractivity (Wildman–Crippen MR) is 70.9 cm³/mol. The first-order valence-corrected chi connectivity index (χ1v) is 6.87. The zero-order chi connectivity index (χ0) is 13.3. The molecule has 0 saturated carbocycles. The van der Waals surface area contributed by atoms with E-state index in [9.17, 15) is 13.0 Å². The number of benzene rings is 2. The molecule has 2 aromatic carbocycles. The van der Waals surface area contributed by atoms with Gasteiger partial charge in [0.05, 0.1) is 5.69 Å². The van der Waals surface area contributed by atoms with E-state index in [4.69, 9.17) is 11.5 Å². The van der Waals surface area contributed by atoms with Crippen LogP contribution in [0.25, 0.3) is 10.8 Å². The molecular weight excluding hydrogens is 252 g/mol. The topological polar surface area (TPSA) is 106 Å². The van der Waals surface area contributed by atoms with Crippen LogP contribution in [0.4, 0.5) is 5.69 Å². The Labute approximate surface area is 105 Å². The summed E-state index contributed by atoms with van der Waals surface area (Å²) in [6, 6.07) is 8.44. The van der Waals surface area contributed by atoms with E-state index in [1.165, 1.54) is 6.07 Å². The van der Waals surface area contributed by atoms with Crippen LogP contribution in [-0.2, 0) is 16.5 Å². The van der Waals surface area contributed by atoms with E-state index >= 15 is 0 Å². The minimum Gasteiger partial charge on any atom is -0.398 e. The second-order valence-corrected chi connectivity index (χ2v) is 5.37. The van der Waals surface area contributed by atoms with E-state index in [1.807, 2.05) is 6.07 Å². The first kappa shape index (κ1) is 12.8. The number of nitrogens with two attached hydrogens (primary N) is 2. The average molecular weight is 266 g/mol. The molecule has 2 aromatic rings. The van der Waals surface area contributed by atoms with Crippen molar-refractivity contribution in [3.63, 3.8) is 0 Å². The largest absolute Gasteiger partial charge is 0.398 e. The van der Waals surface area contributed by atoms with Crippen LogP contribution in [-0.4, -0.2) is 19.5 Å². The molecule has 0 atom stereocenters. The molecule has 0 spiro atoms. The number of nitrogen functional groups attached to an aromatic ring is 1. The van der Waals surface area contributed by atoms with E-state index in [-0.39, 0.29) is 10.6 Å². The molecule has 0 saturated heterocycles. The number of hydrogen-bond donors (Lipinski definition) is 3. The summed E-state index contributed by atoms with van der Waals surface area (Å²) in [6.07, 6.45) is 0.631. The second-order valence-electron chi connectivity index (χ2n) is 4.01. The van der Waals surface area contributed by atoms with Gasteiger partial charge in [-0.25, -0.2) is 0 Å². The molecule has 6 heteroatoms. The molecule has 0 aliphatic rings. The van der Waals surface area contributed by atoms with Crippen molar-refractivity contribution in [2.24, 2.45) is 5.73 Å². The van der Waals surface area contributed by atoms with Gasteiger partial charge in [0.15, 0.2) is 0 Å². The molecular formula is C12H14N2O3S. The van der Waals surface area contributed by atoms with Crippen molar-refractivity contribution in [3.8, 4) is 0 Å². The van der Waals surface area contributed by atoms with Crippen molar-refractivity contribution in [2.45, 2.75) is 11.3 Å². The Balaban J connectivity index is 2.87. The summed E-state index contributed by atoms with van der Waals surface area (Å²) >= 11 is 0. The Morgan fingerprint density at radius 2 is 1.83 bits per heavy atom. The van der Waals surface area contributed by atoms with Crippen molar-refractivity contribution in [3.05, 3.63) is 35.9 Å². The highest BCUT2D eigenvalue weighted by molar-refractivity contribution is 7.86. The summed E-state index contributed by atoms with van der Waals surface area (Å²) in [5.41, 5.74) is 12.1. The van der Waals surface area contributed by atoms with Gasteiger partial charge in [0.2, 0.25) is 0 Å². The highest BCUT2D eigenvalue weighted by Gasteiger charge is 2.18. The van der Waals surface area contributed by atoms with E-state index in [2.05, 4.69) is 0 Å². The standard InChI is InChI=1S/C12H14N2O3S/c13-7-6-8-2-1-3-10-9(8)4-5-11(14)12(10)18(15,16)17/h1-5H,6-7,13-14H2,(H,15,16,17). The van der Waals surface area contributed by atoms with Crippen LogP contribution < -0.4 is 11.5 Å². The minimum absolute atomic E-state index is 0.0369. The van der Waals surface area contributed by atoms with Crippen molar-refractivity contribution in [2.75, 3.05) is 12.3 Å². The van der Waals surface area contributed by atoms with Crippen molar-refractivity contribution in [1.29, 1.82) is 0 Å². The molecule has 0 aromatic heterocycles. The Morgan fingerprint density at radius 1 is 1.11 bits per heavy atom. The zero-order valence-corrected chi connectivity index (χ0v) is 10.4. The summed E-state index contributed by atoms with van der Waals surface area (Å²) in [5.74, 6) is 0. The van der Waals surface area contributed by atoms with Crippen LogP contribution in [0.15, 0.2) is 35.2 Å². The SMILES string of the molecule is NCCc1cccc2c(S(=O)(=O)O)c(N)ccc12. The lowest BCUT2D eigenvalue weighted by Gasteiger charge is -2.10. The summed E-state index contributed by atoms with van der Waals surface area (Å²) < 4.78 is 32.0. The van der Waals surface area contributed by atoms with Crippen LogP contribution in [0.1, 0.15) is 5.56 Å². The van der Waals surface area contributed by atoms with Gasteiger partial charge in [-0.3, -0.25) is 4.55 Å². The molecule has 0 radical (unpaired) electrons. The molecule has 0 amide bonds. The van der Waals surface area contributed by atoms with Gasteiger partial charge in [0.25, 0.3) is 10.1 Å². The minimum atomic E-state index is -4.35. The van der Waals surface area contributed by atoms with Gasteiger partial charge < -0.3 is 11.5 Å². The molecule has 5 nitrogen and oxygen atoms in total. The maximum Gasteiger partial charge on any atom is 0.297 e. The van der Waals surface area contributed by atoms with Crippen LogP contribution in [0.2, 0.25) is 0 Å². The van der Waals surface area contributed by atoms with Crippen molar-refractivity contribution >= 4 is 26.6 Å². The molecule has 0 aliphatic carbocycles. The molecule has 0 heterocycles. The van der Waals surface area contributed by atoms with E-state index in [1.54, 1.807) is 18.2 Å².